The van der Waals surface area contributed by atoms with Crippen LogP contribution in [0.4, 0.5) is 4.79 Å². The molecule has 0 bridgehead atoms. The molecule has 0 spiro atoms. The van der Waals surface area contributed by atoms with Crippen molar-refractivity contribution in [2.24, 2.45) is 11.8 Å². The summed E-state index contributed by atoms with van der Waals surface area (Å²) in [5.41, 5.74) is 4.67. The zero-order chi connectivity index (χ0) is 24.9. The van der Waals surface area contributed by atoms with Crippen LogP contribution in [0.15, 0.2) is 48.5 Å². The Morgan fingerprint density at radius 3 is 2.23 bits per heavy atom. The molecule has 1 saturated carbocycles. The molecule has 2 aliphatic rings. The topological polar surface area (TPSA) is 105 Å². The van der Waals surface area contributed by atoms with Crippen LogP contribution in [0.5, 0.6) is 0 Å². The van der Waals surface area contributed by atoms with Gasteiger partial charge in [0.1, 0.15) is 12.6 Å². The van der Waals surface area contributed by atoms with Crippen LogP contribution in [0.2, 0.25) is 0 Å². The van der Waals surface area contributed by atoms with Crippen molar-refractivity contribution in [3.8, 4) is 11.1 Å². The molecule has 2 amide bonds. The number of hydrogen-bond donors (Lipinski definition) is 3. The van der Waals surface area contributed by atoms with E-state index in [1.54, 1.807) is 0 Å². The fourth-order valence-corrected chi connectivity index (χ4v) is 5.35. The Morgan fingerprint density at radius 1 is 1.00 bits per heavy atom. The molecule has 35 heavy (non-hydrogen) atoms. The average Bonchev–Trinajstić information content (AvgIpc) is 3.16. The van der Waals surface area contributed by atoms with Crippen molar-refractivity contribution in [1.82, 2.24) is 10.6 Å². The number of fused-ring (bicyclic) bond motifs is 3. The molecule has 186 valence electrons. The van der Waals surface area contributed by atoms with Crippen LogP contribution in [-0.2, 0) is 14.3 Å². The first kappa shape index (κ1) is 24.8. The van der Waals surface area contributed by atoms with E-state index in [9.17, 15) is 19.5 Å². The highest BCUT2D eigenvalue weighted by molar-refractivity contribution is 5.85. The van der Waals surface area contributed by atoms with Crippen molar-refractivity contribution in [2.45, 2.75) is 64.0 Å². The molecule has 0 unspecified atom stereocenters. The van der Waals surface area contributed by atoms with Crippen molar-refractivity contribution in [2.75, 3.05) is 6.61 Å². The molecule has 7 heteroatoms. The van der Waals surface area contributed by atoms with Crippen LogP contribution in [0.3, 0.4) is 0 Å². The van der Waals surface area contributed by atoms with Gasteiger partial charge in [-0.1, -0.05) is 68.8 Å². The number of benzene rings is 2. The summed E-state index contributed by atoms with van der Waals surface area (Å²) in [6, 6.07) is 15.3. The molecule has 3 atom stereocenters. The molecule has 0 heterocycles. The number of carbonyl (C=O) groups is 3. The normalized spacial score (nSPS) is 20.0. The molecule has 2 aromatic rings. The van der Waals surface area contributed by atoms with Crippen LogP contribution < -0.4 is 10.6 Å². The Labute approximate surface area is 206 Å². The molecule has 0 saturated heterocycles. The fourth-order valence-electron chi connectivity index (χ4n) is 5.35. The largest absolute Gasteiger partial charge is 0.480 e. The molecular formula is C28H34N2O5. The van der Waals surface area contributed by atoms with Gasteiger partial charge in [0.25, 0.3) is 0 Å². The quantitative estimate of drug-likeness (QED) is 0.510. The fraction of sp³-hybridized carbons (Fsp3) is 0.464. The number of nitrogens with one attached hydrogen (secondary N) is 2. The Morgan fingerprint density at radius 2 is 1.63 bits per heavy atom. The second-order valence-corrected chi connectivity index (χ2v) is 10.1. The lowest BCUT2D eigenvalue weighted by Crippen LogP contribution is -2.47. The number of hydrogen-bond acceptors (Lipinski definition) is 4. The van der Waals surface area contributed by atoms with Crippen molar-refractivity contribution in [3.63, 3.8) is 0 Å². The van der Waals surface area contributed by atoms with Crippen molar-refractivity contribution in [1.29, 1.82) is 0 Å². The van der Waals surface area contributed by atoms with Gasteiger partial charge in [-0.2, -0.15) is 0 Å². The zero-order valence-electron chi connectivity index (χ0n) is 20.3. The number of alkyl carbamates (subject to hydrolysis) is 1. The highest BCUT2D eigenvalue weighted by atomic mass is 16.5. The molecular weight excluding hydrogens is 444 g/mol. The number of aliphatic carboxylic acids is 1. The van der Waals surface area contributed by atoms with E-state index in [0.29, 0.717) is 19.3 Å². The van der Waals surface area contributed by atoms with Crippen molar-refractivity contribution in [3.05, 3.63) is 59.7 Å². The second-order valence-electron chi connectivity index (χ2n) is 10.1. The summed E-state index contributed by atoms with van der Waals surface area (Å²) in [4.78, 5) is 36.9. The van der Waals surface area contributed by atoms with Crippen LogP contribution in [0.1, 0.15) is 63.0 Å². The first-order valence-electron chi connectivity index (χ1n) is 12.5. The van der Waals surface area contributed by atoms with Gasteiger partial charge in [-0.15, -0.1) is 0 Å². The number of carboxylic acid groups (broad SMARTS) is 1. The molecule has 2 aromatic carbocycles. The molecule has 0 aromatic heterocycles. The van der Waals surface area contributed by atoms with E-state index < -0.39 is 18.1 Å². The maximum Gasteiger partial charge on any atom is 0.407 e. The van der Waals surface area contributed by atoms with E-state index in [-0.39, 0.29) is 36.3 Å². The Bertz CT molecular complexity index is 1040. The summed E-state index contributed by atoms with van der Waals surface area (Å²) < 4.78 is 5.65. The zero-order valence-corrected chi connectivity index (χ0v) is 20.3. The number of amides is 2. The SMILES string of the molecule is CC(C)C[C@@H](NC(=O)[C@@H]1CCC[C@H](NC(=O)OCC2c3ccccc3-c3ccccc32)C1)C(=O)O. The molecule has 4 rings (SSSR count). The molecule has 0 radical (unpaired) electrons. The third-order valence-corrected chi connectivity index (χ3v) is 7.03. The summed E-state index contributed by atoms with van der Waals surface area (Å²) in [6.07, 6.45) is 2.61. The Balaban J connectivity index is 1.31. The smallest absolute Gasteiger partial charge is 0.407 e. The number of ether oxygens (including phenoxy) is 1. The number of carboxylic acids is 1. The second kappa shape index (κ2) is 10.9. The molecule has 7 nitrogen and oxygen atoms in total. The minimum atomic E-state index is -1.02. The molecule has 3 N–H and O–H groups in total. The van der Waals surface area contributed by atoms with Crippen molar-refractivity contribution < 1.29 is 24.2 Å². The van der Waals surface area contributed by atoms with Gasteiger partial charge in [-0.05, 0) is 53.9 Å². The van der Waals surface area contributed by atoms with Gasteiger partial charge in [0.2, 0.25) is 5.91 Å². The Kier molecular flexibility index (Phi) is 7.73. The number of rotatable bonds is 8. The maximum atomic E-state index is 12.7. The van der Waals surface area contributed by atoms with Crippen molar-refractivity contribution >= 4 is 18.0 Å². The molecule has 0 aliphatic heterocycles. The van der Waals surface area contributed by atoms with Gasteiger partial charge < -0.3 is 20.5 Å². The van der Waals surface area contributed by atoms with E-state index in [4.69, 9.17) is 4.74 Å². The monoisotopic (exact) mass is 478 g/mol. The standard InChI is InChI=1S/C28H34N2O5/c1-17(2)14-25(27(32)33)30-26(31)18-8-7-9-19(15-18)29-28(34)35-16-24-22-12-5-3-10-20(22)21-11-4-6-13-23(21)24/h3-6,10-13,17-19,24-25H,7-9,14-16H2,1-2H3,(H,29,34)(H,30,31)(H,32,33)/t18-,19+,25-/m1/s1. The third kappa shape index (κ3) is 5.84. The number of carbonyl (C=O) groups excluding carboxylic acids is 2. The highest BCUT2D eigenvalue weighted by Crippen LogP contribution is 2.44. The van der Waals surface area contributed by atoms with Crippen LogP contribution in [0, 0.1) is 11.8 Å². The average molecular weight is 479 g/mol. The summed E-state index contributed by atoms with van der Waals surface area (Å²) >= 11 is 0. The minimum Gasteiger partial charge on any atom is -0.480 e. The van der Waals surface area contributed by atoms with E-state index in [1.807, 2.05) is 38.1 Å². The van der Waals surface area contributed by atoms with Crippen LogP contribution in [-0.4, -0.2) is 41.8 Å². The lowest BCUT2D eigenvalue weighted by molar-refractivity contribution is -0.143. The highest BCUT2D eigenvalue weighted by Gasteiger charge is 2.32. The lowest BCUT2D eigenvalue weighted by Gasteiger charge is -2.30. The summed E-state index contributed by atoms with van der Waals surface area (Å²) in [5, 5.41) is 15.0. The van der Waals surface area contributed by atoms with Gasteiger partial charge in [-0.25, -0.2) is 9.59 Å². The Hall–Kier alpha value is -3.35. The van der Waals surface area contributed by atoms with E-state index in [2.05, 4.69) is 34.9 Å². The van der Waals surface area contributed by atoms with Gasteiger partial charge in [0.05, 0.1) is 0 Å². The van der Waals surface area contributed by atoms with Gasteiger partial charge >= 0.3 is 12.1 Å². The van der Waals surface area contributed by atoms with Gasteiger partial charge in [0, 0.05) is 17.9 Å². The molecule has 2 aliphatic carbocycles. The van der Waals surface area contributed by atoms with Crippen LogP contribution >= 0.6 is 0 Å². The van der Waals surface area contributed by atoms with Gasteiger partial charge in [0.15, 0.2) is 0 Å². The summed E-state index contributed by atoms with van der Waals surface area (Å²) in [6.45, 7) is 4.10. The van der Waals surface area contributed by atoms with Gasteiger partial charge in [-0.3, -0.25) is 4.79 Å². The van der Waals surface area contributed by atoms with E-state index in [1.165, 1.54) is 11.1 Å². The summed E-state index contributed by atoms with van der Waals surface area (Å²) in [7, 11) is 0. The minimum absolute atomic E-state index is 0.00746. The maximum absolute atomic E-state index is 12.7. The molecule has 1 fully saturated rings. The van der Waals surface area contributed by atoms with E-state index in [0.717, 1.165) is 24.0 Å². The lowest BCUT2D eigenvalue weighted by atomic mass is 9.85. The van der Waals surface area contributed by atoms with E-state index >= 15 is 0 Å². The van der Waals surface area contributed by atoms with Crippen LogP contribution in [0.25, 0.3) is 11.1 Å². The first-order chi connectivity index (χ1) is 16.8. The first-order valence-corrected chi connectivity index (χ1v) is 12.5. The summed E-state index contributed by atoms with van der Waals surface area (Å²) in [5.74, 6) is -1.44. The predicted octanol–water partition coefficient (Wildman–Crippen LogP) is 4.70. The predicted molar refractivity (Wildman–Crippen MR) is 133 cm³/mol. The third-order valence-electron chi connectivity index (χ3n) is 7.03.